The average Bonchev–Trinajstić information content (AvgIpc) is 2.03. The van der Waals surface area contributed by atoms with Crippen LogP contribution in [0.2, 0.25) is 0 Å². The van der Waals surface area contributed by atoms with Crippen LogP contribution >= 0.6 is 0 Å². The molecular formula is C7H14N2O2. The van der Waals surface area contributed by atoms with Crippen molar-refractivity contribution in [3.8, 4) is 0 Å². The summed E-state index contributed by atoms with van der Waals surface area (Å²) in [5.74, 6) is 0. The van der Waals surface area contributed by atoms with E-state index in [1.165, 1.54) is 12.8 Å². The Bertz CT molecular complexity index is 132. The van der Waals surface area contributed by atoms with Crippen LogP contribution in [0.5, 0.6) is 0 Å². The molecule has 0 aromatic heterocycles. The molecule has 11 heavy (non-hydrogen) atoms. The van der Waals surface area contributed by atoms with E-state index in [2.05, 4.69) is 10.6 Å². The molecule has 1 amide bonds. The summed E-state index contributed by atoms with van der Waals surface area (Å²) in [6.45, 7) is 1.56. The van der Waals surface area contributed by atoms with Gasteiger partial charge in [-0.3, -0.25) is 0 Å². The van der Waals surface area contributed by atoms with Crippen molar-refractivity contribution < 1.29 is 9.90 Å². The highest BCUT2D eigenvalue weighted by molar-refractivity contribution is 5.64. The molecular weight excluding hydrogens is 144 g/mol. The van der Waals surface area contributed by atoms with Gasteiger partial charge in [0.15, 0.2) is 0 Å². The highest BCUT2D eigenvalue weighted by Gasteiger charge is 2.12. The molecule has 0 unspecified atom stereocenters. The highest BCUT2D eigenvalue weighted by atomic mass is 16.4. The van der Waals surface area contributed by atoms with E-state index in [1.807, 2.05) is 0 Å². The van der Waals surface area contributed by atoms with Gasteiger partial charge in [0.25, 0.3) is 0 Å². The molecule has 0 radical (unpaired) electrons. The Labute approximate surface area is 66.0 Å². The van der Waals surface area contributed by atoms with E-state index in [9.17, 15) is 4.79 Å². The van der Waals surface area contributed by atoms with Gasteiger partial charge in [0.05, 0.1) is 0 Å². The lowest BCUT2D eigenvalue weighted by Crippen LogP contribution is -2.43. The number of nitrogens with one attached hydrogen (secondary N) is 2. The fourth-order valence-electron chi connectivity index (χ4n) is 1.31. The lowest BCUT2D eigenvalue weighted by atomic mass is 10.1. The predicted octanol–water partition coefficient (Wildman–Crippen LogP) is 0.396. The summed E-state index contributed by atoms with van der Waals surface area (Å²) in [4.78, 5) is 10.1. The molecule has 0 saturated carbocycles. The van der Waals surface area contributed by atoms with E-state index in [0.717, 1.165) is 13.0 Å². The number of carbonyl (C=O) groups is 1. The molecule has 4 heteroatoms. The molecule has 0 spiro atoms. The Morgan fingerprint density at radius 2 is 2.45 bits per heavy atom. The number of hydrogen-bond acceptors (Lipinski definition) is 2. The molecule has 1 aliphatic rings. The molecule has 3 N–H and O–H groups in total. The van der Waals surface area contributed by atoms with Crippen molar-refractivity contribution in [3.63, 3.8) is 0 Å². The molecule has 0 bridgehead atoms. The van der Waals surface area contributed by atoms with Crippen LogP contribution in [0.1, 0.15) is 19.3 Å². The van der Waals surface area contributed by atoms with Crippen molar-refractivity contribution in [2.75, 3.05) is 13.1 Å². The first-order valence-electron chi connectivity index (χ1n) is 3.99. The quantitative estimate of drug-likeness (QED) is 0.545. The zero-order valence-electron chi connectivity index (χ0n) is 6.47. The SMILES string of the molecule is O=C(O)NC[C@H]1CCCCN1. The molecule has 0 aliphatic carbocycles. The molecule has 1 fully saturated rings. The summed E-state index contributed by atoms with van der Waals surface area (Å²) in [5.41, 5.74) is 0. The zero-order chi connectivity index (χ0) is 8.10. The van der Waals surface area contributed by atoms with Crippen LogP contribution in [0.25, 0.3) is 0 Å². The van der Waals surface area contributed by atoms with Gasteiger partial charge >= 0.3 is 6.09 Å². The van der Waals surface area contributed by atoms with Gasteiger partial charge in [-0.2, -0.15) is 0 Å². The molecule has 0 aromatic rings. The van der Waals surface area contributed by atoms with Crippen molar-refractivity contribution in [1.29, 1.82) is 0 Å². The third-order valence-corrected chi connectivity index (χ3v) is 1.91. The molecule has 4 nitrogen and oxygen atoms in total. The normalized spacial score (nSPS) is 24.5. The van der Waals surface area contributed by atoms with E-state index in [1.54, 1.807) is 0 Å². The van der Waals surface area contributed by atoms with E-state index in [-0.39, 0.29) is 0 Å². The number of amides is 1. The first-order chi connectivity index (χ1) is 5.29. The van der Waals surface area contributed by atoms with Gasteiger partial charge in [0.2, 0.25) is 0 Å². The second-order valence-electron chi connectivity index (χ2n) is 2.83. The average molecular weight is 158 g/mol. The van der Waals surface area contributed by atoms with Crippen molar-refractivity contribution in [3.05, 3.63) is 0 Å². The second kappa shape index (κ2) is 4.18. The largest absolute Gasteiger partial charge is 0.465 e. The predicted molar refractivity (Wildman–Crippen MR) is 41.7 cm³/mol. The van der Waals surface area contributed by atoms with E-state index in [4.69, 9.17) is 5.11 Å². The highest BCUT2D eigenvalue weighted by Crippen LogP contribution is 2.05. The van der Waals surface area contributed by atoms with E-state index in [0.29, 0.717) is 12.6 Å². The van der Waals surface area contributed by atoms with Crippen molar-refractivity contribution >= 4 is 6.09 Å². The Balaban J connectivity index is 2.09. The van der Waals surface area contributed by atoms with Crippen molar-refractivity contribution in [2.45, 2.75) is 25.3 Å². The summed E-state index contributed by atoms with van der Waals surface area (Å²) in [5, 5.41) is 13.9. The minimum absolute atomic E-state index is 0.347. The third-order valence-electron chi connectivity index (χ3n) is 1.91. The maximum Gasteiger partial charge on any atom is 0.404 e. The summed E-state index contributed by atoms with van der Waals surface area (Å²) in [7, 11) is 0. The standard InChI is InChI=1S/C7H14N2O2/c10-7(11)9-5-6-3-1-2-4-8-6/h6,8-9H,1-5H2,(H,10,11)/t6-/m1/s1. The minimum atomic E-state index is -0.933. The first-order valence-corrected chi connectivity index (χ1v) is 3.99. The van der Waals surface area contributed by atoms with E-state index < -0.39 is 6.09 Å². The van der Waals surface area contributed by atoms with Gasteiger partial charge < -0.3 is 15.7 Å². The number of piperidine rings is 1. The number of carboxylic acid groups (broad SMARTS) is 1. The van der Waals surface area contributed by atoms with Crippen LogP contribution in [0.3, 0.4) is 0 Å². The molecule has 0 aromatic carbocycles. The molecule has 64 valence electrons. The fraction of sp³-hybridized carbons (Fsp3) is 0.857. The van der Waals surface area contributed by atoms with Crippen LogP contribution in [0, 0.1) is 0 Å². The van der Waals surface area contributed by atoms with E-state index >= 15 is 0 Å². The first kappa shape index (κ1) is 8.33. The van der Waals surface area contributed by atoms with Crippen LogP contribution in [0.15, 0.2) is 0 Å². The van der Waals surface area contributed by atoms with Crippen LogP contribution in [0.4, 0.5) is 4.79 Å². The Hall–Kier alpha value is -0.770. The Morgan fingerprint density at radius 1 is 1.64 bits per heavy atom. The molecule has 1 rings (SSSR count). The topological polar surface area (TPSA) is 61.4 Å². The van der Waals surface area contributed by atoms with Crippen LogP contribution in [-0.4, -0.2) is 30.3 Å². The van der Waals surface area contributed by atoms with Gasteiger partial charge in [0.1, 0.15) is 0 Å². The minimum Gasteiger partial charge on any atom is -0.465 e. The zero-order valence-corrected chi connectivity index (χ0v) is 6.47. The smallest absolute Gasteiger partial charge is 0.404 e. The molecule has 1 atom stereocenters. The summed E-state index contributed by atoms with van der Waals surface area (Å²) in [6.07, 6.45) is 2.57. The summed E-state index contributed by atoms with van der Waals surface area (Å²) < 4.78 is 0. The number of hydrogen-bond donors (Lipinski definition) is 3. The lowest BCUT2D eigenvalue weighted by Gasteiger charge is -2.22. The molecule has 1 heterocycles. The number of rotatable bonds is 2. The van der Waals surface area contributed by atoms with Gasteiger partial charge in [0, 0.05) is 12.6 Å². The summed E-state index contributed by atoms with van der Waals surface area (Å²) in [6, 6.07) is 0.347. The monoisotopic (exact) mass is 158 g/mol. The van der Waals surface area contributed by atoms with Gasteiger partial charge in [-0.25, -0.2) is 4.79 Å². The third kappa shape index (κ3) is 3.23. The van der Waals surface area contributed by atoms with Gasteiger partial charge in [-0.1, -0.05) is 6.42 Å². The van der Waals surface area contributed by atoms with Crippen LogP contribution < -0.4 is 10.6 Å². The van der Waals surface area contributed by atoms with Crippen molar-refractivity contribution in [2.24, 2.45) is 0 Å². The van der Waals surface area contributed by atoms with Gasteiger partial charge in [-0.15, -0.1) is 0 Å². The molecule has 1 saturated heterocycles. The maximum atomic E-state index is 10.1. The maximum absolute atomic E-state index is 10.1. The lowest BCUT2D eigenvalue weighted by molar-refractivity contribution is 0.192. The molecule has 1 aliphatic heterocycles. The Kier molecular flexibility index (Phi) is 3.16. The fourth-order valence-corrected chi connectivity index (χ4v) is 1.31. The second-order valence-corrected chi connectivity index (χ2v) is 2.83. The van der Waals surface area contributed by atoms with Gasteiger partial charge in [-0.05, 0) is 19.4 Å². The van der Waals surface area contributed by atoms with Crippen LogP contribution in [-0.2, 0) is 0 Å². The summed E-state index contributed by atoms with van der Waals surface area (Å²) >= 11 is 0. The van der Waals surface area contributed by atoms with Crippen molar-refractivity contribution in [1.82, 2.24) is 10.6 Å². The Morgan fingerprint density at radius 3 is 3.00 bits per heavy atom.